The van der Waals surface area contributed by atoms with Crippen LogP contribution in [0.3, 0.4) is 0 Å². The van der Waals surface area contributed by atoms with Gasteiger partial charge >= 0.3 is 0 Å². The molecule has 0 atom stereocenters. The Hall–Kier alpha value is -0.500. The lowest BCUT2D eigenvalue weighted by Crippen LogP contribution is -2.57. The van der Waals surface area contributed by atoms with Crippen molar-refractivity contribution in [1.29, 1.82) is 0 Å². The van der Waals surface area contributed by atoms with Gasteiger partial charge in [0.2, 0.25) is 10.0 Å². The largest absolute Gasteiger partial charge is 0.389 e. The minimum atomic E-state index is -4.05. The Balaban J connectivity index is 3.20. The fourth-order valence-electron chi connectivity index (χ4n) is 1.21. The van der Waals surface area contributed by atoms with Gasteiger partial charge < -0.3 is 5.11 Å². The van der Waals surface area contributed by atoms with Gasteiger partial charge in [-0.15, -0.1) is 0 Å². The molecule has 1 rings (SSSR count). The zero-order valence-electron chi connectivity index (χ0n) is 11.2. The number of hydrogen-bond donors (Lipinski definition) is 2. The summed E-state index contributed by atoms with van der Waals surface area (Å²) in [5.41, 5.74) is -2.45. The number of benzene rings is 1. The third-order valence-corrected chi connectivity index (χ3v) is 5.28. The van der Waals surface area contributed by atoms with Crippen LogP contribution in [0.2, 0.25) is 0 Å². The maximum atomic E-state index is 13.7. The molecule has 0 fully saturated rings. The Morgan fingerprint density at radius 2 is 1.79 bits per heavy atom. The van der Waals surface area contributed by atoms with Crippen molar-refractivity contribution in [2.75, 3.05) is 0 Å². The van der Waals surface area contributed by atoms with Crippen molar-refractivity contribution in [2.45, 2.75) is 43.7 Å². The summed E-state index contributed by atoms with van der Waals surface area (Å²) in [6.07, 6.45) is 0. The van der Waals surface area contributed by atoms with E-state index in [4.69, 9.17) is 0 Å². The molecule has 0 aliphatic heterocycles. The summed E-state index contributed by atoms with van der Waals surface area (Å²) in [6, 6.07) is 3.68. The van der Waals surface area contributed by atoms with Crippen LogP contribution < -0.4 is 4.72 Å². The Morgan fingerprint density at radius 1 is 1.26 bits per heavy atom. The number of hydrogen-bond acceptors (Lipinski definition) is 3. The summed E-state index contributed by atoms with van der Waals surface area (Å²) in [5, 5.41) is 9.94. The Kier molecular flexibility index (Phi) is 4.46. The van der Waals surface area contributed by atoms with Gasteiger partial charge in [0.25, 0.3) is 0 Å². The highest BCUT2D eigenvalue weighted by Crippen LogP contribution is 2.25. The quantitative estimate of drug-likeness (QED) is 0.873. The molecule has 0 heterocycles. The first-order chi connectivity index (χ1) is 8.37. The Labute approximate surface area is 121 Å². The molecule has 2 N–H and O–H groups in total. The van der Waals surface area contributed by atoms with Crippen LogP contribution in [0.1, 0.15) is 27.7 Å². The van der Waals surface area contributed by atoms with Crippen molar-refractivity contribution in [3.63, 3.8) is 0 Å². The highest BCUT2D eigenvalue weighted by Gasteiger charge is 2.39. The summed E-state index contributed by atoms with van der Waals surface area (Å²) in [6.45, 7) is 6.02. The van der Waals surface area contributed by atoms with Crippen LogP contribution >= 0.6 is 15.9 Å². The van der Waals surface area contributed by atoms with Gasteiger partial charge in [-0.05, 0) is 45.9 Å². The average Bonchev–Trinajstić information content (AvgIpc) is 2.12. The van der Waals surface area contributed by atoms with E-state index in [1.807, 2.05) is 0 Å². The fourth-order valence-corrected chi connectivity index (χ4v) is 3.14. The number of halogens is 2. The SMILES string of the molecule is CC(C)(O)C(C)(C)NS(=O)(=O)c1ccc(Br)cc1F. The first kappa shape index (κ1) is 16.6. The molecule has 1 aromatic rings. The van der Waals surface area contributed by atoms with E-state index < -0.39 is 31.9 Å². The summed E-state index contributed by atoms with van der Waals surface area (Å²) >= 11 is 3.06. The van der Waals surface area contributed by atoms with E-state index in [0.29, 0.717) is 4.47 Å². The lowest BCUT2D eigenvalue weighted by molar-refractivity contribution is 0.00636. The molecule has 0 radical (unpaired) electrons. The van der Waals surface area contributed by atoms with Gasteiger partial charge in [0.15, 0.2) is 0 Å². The Bertz CT molecular complexity index is 579. The number of nitrogens with one attached hydrogen (secondary N) is 1. The summed E-state index contributed by atoms with van der Waals surface area (Å²) < 4.78 is 40.8. The lowest BCUT2D eigenvalue weighted by atomic mass is 9.87. The fraction of sp³-hybridized carbons (Fsp3) is 0.500. The van der Waals surface area contributed by atoms with Gasteiger partial charge in [0, 0.05) is 4.47 Å². The van der Waals surface area contributed by atoms with Gasteiger partial charge in [0.1, 0.15) is 10.7 Å². The molecule has 0 unspecified atom stereocenters. The van der Waals surface area contributed by atoms with Crippen molar-refractivity contribution in [3.8, 4) is 0 Å². The second-order valence-electron chi connectivity index (χ2n) is 5.36. The van der Waals surface area contributed by atoms with Crippen LogP contribution in [-0.2, 0) is 10.0 Å². The second-order valence-corrected chi connectivity index (χ2v) is 7.93. The lowest BCUT2D eigenvalue weighted by Gasteiger charge is -2.37. The van der Waals surface area contributed by atoms with Gasteiger partial charge in [0.05, 0.1) is 11.1 Å². The third-order valence-electron chi connectivity index (χ3n) is 3.10. The van der Waals surface area contributed by atoms with Crippen LogP contribution in [0.4, 0.5) is 4.39 Å². The molecule has 0 amide bonds. The molecule has 4 nitrogen and oxygen atoms in total. The van der Waals surface area contributed by atoms with Gasteiger partial charge in [-0.25, -0.2) is 17.5 Å². The molecule has 19 heavy (non-hydrogen) atoms. The normalized spacial score (nSPS) is 13.6. The molecule has 0 saturated heterocycles. The van der Waals surface area contributed by atoms with Crippen molar-refractivity contribution in [3.05, 3.63) is 28.5 Å². The molecule has 0 spiro atoms. The van der Waals surface area contributed by atoms with Gasteiger partial charge in [-0.1, -0.05) is 15.9 Å². The predicted octanol–water partition coefficient (Wildman–Crippen LogP) is 2.42. The molecule has 1 aromatic carbocycles. The number of aliphatic hydroxyl groups is 1. The van der Waals surface area contributed by atoms with Crippen molar-refractivity contribution < 1.29 is 17.9 Å². The molecule has 108 valence electrons. The van der Waals surface area contributed by atoms with E-state index >= 15 is 0 Å². The van der Waals surface area contributed by atoms with Gasteiger partial charge in [-0.2, -0.15) is 0 Å². The van der Waals surface area contributed by atoms with Crippen LogP contribution in [-0.4, -0.2) is 24.7 Å². The van der Waals surface area contributed by atoms with Crippen LogP contribution in [0, 0.1) is 5.82 Å². The van der Waals surface area contributed by atoms with Crippen LogP contribution in [0.25, 0.3) is 0 Å². The van der Waals surface area contributed by atoms with Crippen molar-refractivity contribution in [2.24, 2.45) is 0 Å². The highest BCUT2D eigenvalue weighted by molar-refractivity contribution is 9.10. The maximum absolute atomic E-state index is 13.7. The van der Waals surface area contributed by atoms with E-state index in [9.17, 15) is 17.9 Å². The summed E-state index contributed by atoms with van der Waals surface area (Å²) in [4.78, 5) is -0.451. The maximum Gasteiger partial charge on any atom is 0.244 e. The van der Waals surface area contributed by atoms with Crippen LogP contribution in [0.15, 0.2) is 27.6 Å². The van der Waals surface area contributed by atoms with E-state index in [0.717, 1.165) is 6.07 Å². The topological polar surface area (TPSA) is 66.4 Å². The molecule has 0 aliphatic carbocycles. The van der Waals surface area contributed by atoms with E-state index in [-0.39, 0.29) is 0 Å². The minimum absolute atomic E-state index is 0.450. The first-order valence-corrected chi connectivity index (χ1v) is 7.86. The average molecular weight is 354 g/mol. The first-order valence-electron chi connectivity index (χ1n) is 5.58. The predicted molar refractivity (Wildman–Crippen MR) is 74.8 cm³/mol. The zero-order chi connectivity index (χ0) is 15.1. The van der Waals surface area contributed by atoms with Crippen molar-refractivity contribution >= 4 is 26.0 Å². The number of rotatable bonds is 4. The summed E-state index contributed by atoms with van der Waals surface area (Å²) in [7, 11) is -4.05. The molecular formula is C12H17BrFNO3S. The minimum Gasteiger partial charge on any atom is -0.389 e. The third kappa shape index (κ3) is 3.75. The molecule has 0 saturated carbocycles. The monoisotopic (exact) mass is 353 g/mol. The molecule has 0 bridgehead atoms. The smallest absolute Gasteiger partial charge is 0.244 e. The Morgan fingerprint density at radius 3 is 2.21 bits per heavy atom. The standard InChI is InChI=1S/C12H17BrFNO3S/c1-11(2,12(3,4)16)15-19(17,18)10-6-5-8(13)7-9(10)14/h5-7,15-16H,1-4H3. The van der Waals surface area contributed by atoms with Gasteiger partial charge in [-0.3, -0.25) is 0 Å². The van der Waals surface area contributed by atoms with Crippen molar-refractivity contribution in [1.82, 2.24) is 4.72 Å². The second kappa shape index (κ2) is 5.12. The summed E-state index contributed by atoms with van der Waals surface area (Å²) in [5.74, 6) is -0.853. The van der Waals surface area contributed by atoms with Crippen LogP contribution in [0.5, 0.6) is 0 Å². The molecular weight excluding hydrogens is 337 g/mol. The molecule has 0 aromatic heterocycles. The molecule has 7 heteroatoms. The molecule has 0 aliphatic rings. The number of sulfonamides is 1. The highest BCUT2D eigenvalue weighted by atomic mass is 79.9. The van der Waals surface area contributed by atoms with E-state index in [1.54, 1.807) is 0 Å². The zero-order valence-corrected chi connectivity index (χ0v) is 13.6. The van der Waals surface area contributed by atoms with E-state index in [1.165, 1.54) is 39.8 Å². The van der Waals surface area contributed by atoms with E-state index in [2.05, 4.69) is 20.7 Å².